The number of aryl methyl sites for hydroxylation is 1. The quantitative estimate of drug-likeness (QED) is 0.134. The molecule has 8 nitrogen and oxygen atoms in total. The number of rotatable bonds is 11. The number of hydrogen-bond donors (Lipinski definition) is 1. The number of carbonyl (C=O) groups is 2. The van der Waals surface area contributed by atoms with E-state index < -0.39 is 5.97 Å². The van der Waals surface area contributed by atoms with Gasteiger partial charge >= 0.3 is 5.97 Å². The van der Waals surface area contributed by atoms with Gasteiger partial charge in [0.15, 0.2) is 11.5 Å². The van der Waals surface area contributed by atoms with Crippen molar-refractivity contribution in [1.29, 1.82) is 5.26 Å². The van der Waals surface area contributed by atoms with Crippen LogP contribution in [0.25, 0.3) is 22.4 Å². The maximum Gasteiger partial charge on any atom is 0.341 e. The highest BCUT2D eigenvalue weighted by molar-refractivity contribution is 7.99. The molecule has 1 N–H and O–H groups in total. The molecule has 1 aliphatic rings. The van der Waals surface area contributed by atoms with Gasteiger partial charge in [0.2, 0.25) is 5.91 Å². The fraction of sp³-hybridized carbons (Fsp3) is 0.294. The van der Waals surface area contributed by atoms with E-state index in [1.165, 1.54) is 23.1 Å². The van der Waals surface area contributed by atoms with E-state index in [4.69, 9.17) is 19.2 Å². The molecule has 4 aromatic rings. The van der Waals surface area contributed by atoms with E-state index >= 15 is 0 Å². The van der Waals surface area contributed by atoms with Gasteiger partial charge in [0.05, 0.1) is 37.6 Å². The second-order valence-electron chi connectivity index (χ2n) is 10.0. The van der Waals surface area contributed by atoms with Gasteiger partial charge in [0.25, 0.3) is 0 Å². The topological polar surface area (TPSA) is 111 Å². The molecule has 5 rings (SSSR count). The lowest BCUT2D eigenvalue weighted by Crippen LogP contribution is -2.16. The zero-order valence-corrected chi connectivity index (χ0v) is 26.5. The molecule has 0 aliphatic heterocycles. The Bertz CT molecular complexity index is 1710. The van der Waals surface area contributed by atoms with Crippen molar-refractivity contribution in [3.05, 3.63) is 76.2 Å². The van der Waals surface area contributed by atoms with Crippen molar-refractivity contribution in [2.45, 2.75) is 44.1 Å². The molecule has 0 saturated carbocycles. The molecule has 0 fully saturated rings. The molecule has 0 bridgehead atoms. The minimum absolute atomic E-state index is 0.162. The van der Waals surface area contributed by atoms with Gasteiger partial charge in [-0.1, -0.05) is 42.5 Å². The first-order valence-electron chi connectivity index (χ1n) is 14.4. The number of carbonyl (C=O) groups excluding carboxylic acids is 2. The third kappa shape index (κ3) is 6.59. The third-order valence-corrected chi connectivity index (χ3v) is 9.52. The lowest BCUT2D eigenvalue weighted by Gasteiger charge is -2.16. The first-order chi connectivity index (χ1) is 21.5. The van der Waals surface area contributed by atoms with Gasteiger partial charge in [0.1, 0.15) is 16.1 Å². The summed E-state index contributed by atoms with van der Waals surface area (Å²) in [6.07, 6.45) is 3.96. The van der Waals surface area contributed by atoms with Gasteiger partial charge in [-0.3, -0.25) is 4.79 Å². The number of ether oxygens (including phenoxy) is 3. The molecule has 2 heterocycles. The summed E-state index contributed by atoms with van der Waals surface area (Å²) in [7, 11) is 3.14. The summed E-state index contributed by atoms with van der Waals surface area (Å²) >= 11 is 2.81. The van der Waals surface area contributed by atoms with E-state index in [1.807, 2.05) is 48.5 Å². The summed E-state index contributed by atoms with van der Waals surface area (Å²) < 4.78 is 16.5. The highest BCUT2D eigenvalue weighted by Gasteiger charge is 2.27. The van der Waals surface area contributed by atoms with Crippen molar-refractivity contribution in [3.8, 4) is 40.0 Å². The lowest BCUT2D eigenvalue weighted by atomic mass is 9.95. The first kappa shape index (κ1) is 31.1. The Morgan fingerprint density at radius 1 is 1.05 bits per heavy atom. The van der Waals surface area contributed by atoms with Crippen molar-refractivity contribution in [2.24, 2.45) is 0 Å². The highest BCUT2D eigenvalue weighted by Crippen LogP contribution is 2.43. The van der Waals surface area contributed by atoms with E-state index in [0.717, 1.165) is 41.7 Å². The van der Waals surface area contributed by atoms with Crippen molar-refractivity contribution in [1.82, 2.24) is 4.98 Å². The number of anilines is 1. The van der Waals surface area contributed by atoms with E-state index in [2.05, 4.69) is 11.4 Å². The highest BCUT2D eigenvalue weighted by atomic mass is 32.2. The molecule has 0 spiro atoms. The van der Waals surface area contributed by atoms with Crippen LogP contribution in [-0.2, 0) is 22.4 Å². The number of methoxy groups -OCH3 is 2. The molecule has 0 atom stereocenters. The Morgan fingerprint density at radius 3 is 2.57 bits per heavy atom. The SMILES string of the molecule is CCOC(=O)c1c(NC(=O)CCSc2nc(-c3ccccc3)cc(-c3cccc(OC)c3OC)c2C#N)sc2c1CCCC2. The summed E-state index contributed by atoms with van der Waals surface area (Å²) in [5.74, 6) is 0.838. The molecule has 2 aromatic carbocycles. The molecular weight excluding hydrogens is 595 g/mol. The third-order valence-electron chi connectivity index (χ3n) is 7.33. The molecule has 2 aromatic heterocycles. The normalized spacial score (nSPS) is 12.1. The minimum Gasteiger partial charge on any atom is -0.493 e. The Kier molecular flexibility index (Phi) is 10.2. The largest absolute Gasteiger partial charge is 0.493 e. The number of benzene rings is 2. The number of amides is 1. The Labute approximate surface area is 265 Å². The van der Waals surface area contributed by atoms with E-state index in [1.54, 1.807) is 27.2 Å². The van der Waals surface area contributed by atoms with Crippen molar-refractivity contribution in [3.63, 3.8) is 0 Å². The fourth-order valence-electron chi connectivity index (χ4n) is 5.31. The maximum atomic E-state index is 13.1. The predicted molar refractivity (Wildman–Crippen MR) is 174 cm³/mol. The molecule has 226 valence electrons. The average Bonchev–Trinajstić information content (AvgIpc) is 3.42. The van der Waals surface area contributed by atoms with Crippen LogP contribution in [0, 0.1) is 11.3 Å². The Morgan fingerprint density at radius 2 is 1.84 bits per heavy atom. The number of nitrogens with zero attached hydrogens (tertiary/aromatic N) is 2. The summed E-state index contributed by atoms with van der Waals surface area (Å²) in [6.45, 7) is 2.05. The lowest BCUT2D eigenvalue weighted by molar-refractivity contribution is -0.115. The first-order valence-corrected chi connectivity index (χ1v) is 16.2. The Balaban J connectivity index is 1.42. The molecule has 44 heavy (non-hydrogen) atoms. The summed E-state index contributed by atoms with van der Waals surface area (Å²) in [5.41, 5.74) is 4.84. The van der Waals surface area contributed by atoms with Gasteiger partial charge in [-0.05, 0) is 50.3 Å². The second kappa shape index (κ2) is 14.4. The maximum absolute atomic E-state index is 13.1. The Hall–Kier alpha value is -4.33. The average molecular weight is 628 g/mol. The van der Waals surface area contributed by atoms with E-state index in [0.29, 0.717) is 55.2 Å². The number of aromatic nitrogens is 1. The van der Waals surface area contributed by atoms with Crippen LogP contribution in [0.4, 0.5) is 5.00 Å². The van der Waals surface area contributed by atoms with Gasteiger partial charge < -0.3 is 19.5 Å². The van der Waals surface area contributed by atoms with Crippen LogP contribution < -0.4 is 14.8 Å². The zero-order valence-electron chi connectivity index (χ0n) is 24.9. The number of thiophene rings is 1. The number of nitrogens with one attached hydrogen (secondary N) is 1. The van der Waals surface area contributed by atoms with Crippen LogP contribution in [0.1, 0.15) is 52.5 Å². The smallest absolute Gasteiger partial charge is 0.341 e. The van der Waals surface area contributed by atoms with Crippen LogP contribution >= 0.6 is 23.1 Å². The number of nitriles is 1. The van der Waals surface area contributed by atoms with Gasteiger partial charge in [-0.15, -0.1) is 23.1 Å². The van der Waals surface area contributed by atoms with Gasteiger partial charge in [0, 0.05) is 33.7 Å². The fourth-order valence-corrected chi connectivity index (χ4v) is 7.54. The molecule has 1 aliphatic carbocycles. The molecule has 0 saturated heterocycles. The van der Waals surface area contributed by atoms with E-state index in [-0.39, 0.29) is 18.9 Å². The standard InChI is InChI=1S/C34H33N3O5S2/c1-4-42-34(39)30-23-13-8-9-16-28(23)44-33(30)37-29(38)17-18-43-32-25(20-35)24(19-26(36-32)21-11-6-5-7-12-21)22-14-10-15-27(40-2)31(22)41-3/h5-7,10-12,14-15,19H,4,8-9,13,16-18H2,1-3H3,(H,37,38). The monoisotopic (exact) mass is 627 g/mol. The van der Waals surface area contributed by atoms with Crippen LogP contribution in [0.5, 0.6) is 11.5 Å². The van der Waals surface area contributed by atoms with Gasteiger partial charge in [-0.25, -0.2) is 9.78 Å². The number of thioether (sulfide) groups is 1. The van der Waals surface area contributed by atoms with Crippen LogP contribution in [0.2, 0.25) is 0 Å². The molecule has 0 unspecified atom stereocenters. The molecule has 0 radical (unpaired) electrons. The van der Waals surface area contributed by atoms with E-state index in [9.17, 15) is 14.9 Å². The van der Waals surface area contributed by atoms with Crippen LogP contribution in [0.15, 0.2) is 59.6 Å². The number of hydrogen-bond acceptors (Lipinski definition) is 9. The number of fused-ring (bicyclic) bond motifs is 1. The molecule has 1 amide bonds. The molecular formula is C34H33N3O5S2. The van der Waals surface area contributed by atoms with Crippen LogP contribution in [0.3, 0.4) is 0 Å². The minimum atomic E-state index is -0.391. The van der Waals surface area contributed by atoms with Crippen molar-refractivity contribution in [2.75, 3.05) is 31.9 Å². The summed E-state index contributed by atoms with van der Waals surface area (Å²) in [4.78, 5) is 32.0. The summed E-state index contributed by atoms with van der Waals surface area (Å²) in [5, 5.41) is 14.4. The second-order valence-corrected chi connectivity index (χ2v) is 12.2. The number of esters is 1. The van der Waals surface area contributed by atoms with Crippen molar-refractivity contribution < 1.29 is 23.8 Å². The zero-order chi connectivity index (χ0) is 31.1. The predicted octanol–water partition coefficient (Wildman–Crippen LogP) is 7.54. The van der Waals surface area contributed by atoms with Crippen LogP contribution in [-0.4, -0.2) is 43.4 Å². The number of para-hydroxylation sites is 1. The summed E-state index contributed by atoms with van der Waals surface area (Å²) in [6, 6.07) is 19.5. The van der Waals surface area contributed by atoms with Gasteiger partial charge in [-0.2, -0.15) is 5.26 Å². The number of pyridine rings is 1. The van der Waals surface area contributed by atoms with Crippen molar-refractivity contribution >= 4 is 40.0 Å². The molecule has 10 heteroatoms.